The van der Waals surface area contributed by atoms with Gasteiger partial charge in [-0.25, -0.2) is 0 Å². The normalized spacial score (nSPS) is 15.0. The van der Waals surface area contributed by atoms with E-state index in [0.717, 1.165) is 0 Å². The lowest BCUT2D eigenvalue weighted by Gasteiger charge is -2.27. The zero-order chi connectivity index (χ0) is 10.5. The lowest BCUT2D eigenvalue weighted by Crippen LogP contribution is -2.36. The summed E-state index contributed by atoms with van der Waals surface area (Å²) in [4.78, 5) is 9.72. The smallest absolute Gasteiger partial charge is 0.213 e. The first-order chi connectivity index (χ1) is 5.98. The van der Waals surface area contributed by atoms with Gasteiger partial charge in [0.05, 0.1) is 11.5 Å². The third-order valence-corrected chi connectivity index (χ3v) is 2.37. The molecular weight excluding hydrogens is 175 g/mol. The third kappa shape index (κ3) is 2.98. The van der Waals surface area contributed by atoms with Crippen molar-refractivity contribution in [3.63, 3.8) is 0 Å². The highest BCUT2D eigenvalue weighted by Crippen LogP contribution is 2.32. The summed E-state index contributed by atoms with van der Waals surface area (Å²) < 4.78 is 12.7. The van der Waals surface area contributed by atoms with E-state index in [1.165, 1.54) is 0 Å². The van der Waals surface area contributed by atoms with Gasteiger partial charge in [0.25, 0.3) is 0 Å². The molecule has 74 valence electrons. The van der Waals surface area contributed by atoms with Crippen LogP contribution in [0.2, 0.25) is 0 Å². The van der Waals surface area contributed by atoms with E-state index in [4.69, 9.17) is 5.26 Å². The largest absolute Gasteiger partial charge is 0.265 e. The first-order valence-corrected chi connectivity index (χ1v) is 4.03. The highest BCUT2D eigenvalue weighted by molar-refractivity contribution is 4.90. The van der Waals surface area contributed by atoms with Gasteiger partial charge in [0.2, 0.25) is 6.54 Å². The van der Waals surface area contributed by atoms with Gasteiger partial charge in [0.1, 0.15) is 6.67 Å². The molecule has 0 radical (unpaired) electrons. The van der Waals surface area contributed by atoms with E-state index in [1.54, 1.807) is 19.9 Å². The minimum absolute atomic E-state index is 0.109. The van der Waals surface area contributed by atoms with Gasteiger partial charge in [0, 0.05) is 11.3 Å². The highest BCUT2D eigenvalue weighted by atomic mass is 19.1. The molecule has 0 saturated carbocycles. The van der Waals surface area contributed by atoms with Crippen molar-refractivity contribution in [1.29, 1.82) is 5.26 Å². The molecule has 0 aliphatic carbocycles. The Labute approximate surface area is 76.5 Å². The van der Waals surface area contributed by atoms with Crippen LogP contribution >= 0.6 is 0 Å². The third-order valence-electron chi connectivity index (χ3n) is 2.37. The fourth-order valence-electron chi connectivity index (χ4n) is 1.10. The van der Waals surface area contributed by atoms with Crippen molar-refractivity contribution < 1.29 is 9.31 Å². The number of hydrogen-bond donors (Lipinski definition) is 0. The Kier molecular flexibility index (Phi) is 4.32. The Morgan fingerprint density at radius 3 is 2.46 bits per heavy atom. The lowest BCUT2D eigenvalue weighted by molar-refractivity contribution is -0.500. The van der Waals surface area contributed by atoms with Crippen molar-refractivity contribution in [3.8, 4) is 6.07 Å². The Bertz CT molecular complexity index is 225. The molecule has 1 atom stereocenters. The first-order valence-electron chi connectivity index (χ1n) is 4.03. The van der Waals surface area contributed by atoms with Gasteiger partial charge in [0.15, 0.2) is 0 Å². The molecule has 0 fully saturated rings. The maximum Gasteiger partial charge on any atom is 0.213 e. The second-order valence-corrected chi connectivity index (χ2v) is 3.48. The van der Waals surface area contributed by atoms with Gasteiger partial charge >= 0.3 is 0 Å². The molecule has 0 spiro atoms. The van der Waals surface area contributed by atoms with Gasteiger partial charge in [-0.1, -0.05) is 13.8 Å². The van der Waals surface area contributed by atoms with Crippen LogP contribution in [0, 0.1) is 32.8 Å². The molecule has 0 aliphatic heterocycles. The molecule has 0 aromatic heterocycles. The Morgan fingerprint density at radius 2 is 2.23 bits per heavy atom. The van der Waals surface area contributed by atoms with Crippen LogP contribution in [-0.2, 0) is 0 Å². The van der Waals surface area contributed by atoms with Gasteiger partial charge in [-0.15, -0.1) is 0 Å². The summed E-state index contributed by atoms with van der Waals surface area (Å²) in [6.07, 6.45) is -0.109. The van der Waals surface area contributed by atoms with Crippen molar-refractivity contribution in [3.05, 3.63) is 10.1 Å². The van der Waals surface area contributed by atoms with Gasteiger partial charge in [-0.05, 0) is 5.92 Å². The molecule has 0 N–H and O–H groups in total. The average molecular weight is 188 g/mol. The standard InChI is InChI=1S/C8H13FN2O2/c1-7(2)8(5-9,3-4-10)6-11(12)13/h7H,3,5-6H2,1-2H3. The second kappa shape index (κ2) is 4.75. The zero-order valence-electron chi connectivity index (χ0n) is 7.79. The minimum atomic E-state index is -1.11. The predicted molar refractivity (Wildman–Crippen MR) is 45.3 cm³/mol. The van der Waals surface area contributed by atoms with E-state index in [-0.39, 0.29) is 12.3 Å². The Hall–Kier alpha value is -1.18. The molecule has 1 unspecified atom stereocenters. The van der Waals surface area contributed by atoms with Gasteiger partial charge < -0.3 is 0 Å². The van der Waals surface area contributed by atoms with Crippen LogP contribution in [0.1, 0.15) is 20.3 Å². The van der Waals surface area contributed by atoms with E-state index >= 15 is 0 Å². The number of nitro groups is 1. The quantitative estimate of drug-likeness (QED) is 0.488. The van der Waals surface area contributed by atoms with Crippen molar-refractivity contribution >= 4 is 0 Å². The van der Waals surface area contributed by atoms with E-state index in [2.05, 4.69) is 0 Å². The molecule has 0 bridgehead atoms. The summed E-state index contributed by atoms with van der Waals surface area (Å²) in [7, 11) is 0. The maximum absolute atomic E-state index is 12.7. The molecule has 0 rings (SSSR count). The summed E-state index contributed by atoms with van der Waals surface area (Å²) in [6, 6.07) is 1.80. The van der Waals surface area contributed by atoms with Crippen LogP contribution in [0.15, 0.2) is 0 Å². The molecule has 0 aromatic carbocycles. The van der Waals surface area contributed by atoms with Crippen LogP contribution in [0.5, 0.6) is 0 Å². The molecular formula is C8H13FN2O2. The summed E-state index contributed by atoms with van der Waals surface area (Å²) >= 11 is 0. The maximum atomic E-state index is 12.7. The van der Waals surface area contributed by atoms with Crippen molar-refractivity contribution in [2.75, 3.05) is 13.2 Å². The summed E-state index contributed by atoms with van der Waals surface area (Å²) in [6.45, 7) is 2.09. The van der Waals surface area contributed by atoms with Crippen LogP contribution in [-0.4, -0.2) is 18.1 Å². The second-order valence-electron chi connectivity index (χ2n) is 3.48. The minimum Gasteiger partial charge on any atom is -0.265 e. The average Bonchev–Trinajstić information content (AvgIpc) is 2.02. The summed E-state index contributed by atoms with van der Waals surface area (Å²) in [5.41, 5.74) is -1.11. The first kappa shape index (κ1) is 11.8. The van der Waals surface area contributed by atoms with Crippen LogP contribution in [0.25, 0.3) is 0 Å². The number of halogens is 1. The molecule has 0 saturated heterocycles. The van der Waals surface area contributed by atoms with E-state index in [9.17, 15) is 14.5 Å². The summed E-state index contributed by atoms with van der Waals surface area (Å²) in [5.74, 6) is -0.206. The van der Waals surface area contributed by atoms with Crippen molar-refractivity contribution in [2.45, 2.75) is 20.3 Å². The Balaban J connectivity index is 4.66. The molecule has 13 heavy (non-hydrogen) atoms. The van der Waals surface area contributed by atoms with Crippen LogP contribution in [0.4, 0.5) is 4.39 Å². The molecule has 5 heteroatoms. The number of nitriles is 1. The monoisotopic (exact) mass is 188 g/mol. The molecule has 0 aromatic rings. The molecule has 4 nitrogen and oxygen atoms in total. The van der Waals surface area contributed by atoms with E-state index in [0.29, 0.717) is 0 Å². The number of alkyl halides is 1. The lowest BCUT2D eigenvalue weighted by atomic mass is 9.76. The number of rotatable bonds is 5. The SMILES string of the molecule is CC(C)C(CF)(CC#N)C[N+](=O)[O-]. The van der Waals surface area contributed by atoms with E-state index in [1.807, 2.05) is 0 Å². The van der Waals surface area contributed by atoms with Gasteiger partial charge in [-0.3, -0.25) is 14.5 Å². The fourth-order valence-corrected chi connectivity index (χ4v) is 1.10. The van der Waals surface area contributed by atoms with Gasteiger partial charge in [-0.2, -0.15) is 5.26 Å². The highest BCUT2D eigenvalue weighted by Gasteiger charge is 2.39. The van der Waals surface area contributed by atoms with Crippen molar-refractivity contribution in [1.82, 2.24) is 0 Å². The Morgan fingerprint density at radius 1 is 1.69 bits per heavy atom. The molecule has 0 amide bonds. The molecule has 0 aliphatic rings. The number of hydrogen-bond acceptors (Lipinski definition) is 3. The fraction of sp³-hybridized carbons (Fsp3) is 0.875. The number of nitrogens with zero attached hydrogens (tertiary/aromatic N) is 2. The van der Waals surface area contributed by atoms with E-state index < -0.39 is 23.6 Å². The van der Waals surface area contributed by atoms with Crippen LogP contribution in [0.3, 0.4) is 0 Å². The predicted octanol–water partition coefficient (Wildman–Crippen LogP) is 1.79. The topological polar surface area (TPSA) is 66.9 Å². The van der Waals surface area contributed by atoms with Crippen molar-refractivity contribution in [2.24, 2.45) is 11.3 Å². The van der Waals surface area contributed by atoms with Crippen LogP contribution < -0.4 is 0 Å². The summed E-state index contributed by atoms with van der Waals surface area (Å²) in [5, 5.41) is 18.7. The molecule has 0 heterocycles. The zero-order valence-corrected chi connectivity index (χ0v) is 7.79.